The molecule has 4 rings (SSSR count). The Morgan fingerprint density at radius 1 is 1.04 bits per heavy atom. The smallest absolute Gasteiger partial charge is 0.260 e. The Kier molecular flexibility index (Phi) is 4.88. The van der Waals surface area contributed by atoms with Gasteiger partial charge in [0.25, 0.3) is 5.91 Å². The summed E-state index contributed by atoms with van der Waals surface area (Å²) in [4.78, 5) is 24.7. The summed E-state index contributed by atoms with van der Waals surface area (Å²) in [5.74, 6) is -0.217. The Bertz CT molecular complexity index is 1040. The fourth-order valence-electron chi connectivity index (χ4n) is 2.96. The summed E-state index contributed by atoms with van der Waals surface area (Å²) in [7, 11) is 0. The van der Waals surface area contributed by atoms with Crippen LogP contribution in [-0.2, 0) is 4.79 Å². The Balaban J connectivity index is 1.54. The SMILES string of the molecule is Cc1nn(-c2ccccc2)c(Cl)c1C(=O)Nc1cccc(NC(=O)C2CC2)c1. The number of hydrogen-bond acceptors (Lipinski definition) is 3. The van der Waals surface area contributed by atoms with Gasteiger partial charge in [0.05, 0.1) is 11.4 Å². The lowest BCUT2D eigenvalue weighted by Crippen LogP contribution is -2.15. The van der Waals surface area contributed by atoms with Gasteiger partial charge in [0, 0.05) is 17.3 Å². The highest BCUT2D eigenvalue weighted by molar-refractivity contribution is 6.34. The number of nitrogens with one attached hydrogen (secondary N) is 2. The largest absolute Gasteiger partial charge is 0.326 e. The Labute approximate surface area is 167 Å². The molecule has 1 aromatic heterocycles. The van der Waals surface area contributed by atoms with Crippen molar-refractivity contribution in [3.05, 3.63) is 71.0 Å². The van der Waals surface area contributed by atoms with E-state index >= 15 is 0 Å². The van der Waals surface area contributed by atoms with Crippen LogP contribution in [0.4, 0.5) is 11.4 Å². The third kappa shape index (κ3) is 3.77. The third-order valence-corrected chi connectivity index (χ3v) is 4.92. The van der Waals surface area contributed by atoms with Crippen LogP contribution in [0.2, 0.25) is 5.15 Å². The molecule has 0 bridgehead atoms. The molecule has 3 aromatic rings. The minimum atomic E-state index is -0.352. The van der Waals surface area contributed by atoms with E-state index in [0.29, 0.717) is 22.6 Å². The van der Waals surface area contributed by atoms with E-state index in [4.69, 9.17) is 11.6 Å². The van der Waals surface area contributed by atoms with Gasteiger partial charge in [-0.25, -0.2) is 4.68 Å². The molecule has 1 fully saturated rings. The molecule has 0 atom stereocenters. The van der Waals surface area contributed by atoms with Gasteiger partial charge >= 0.3 is 0 Å². The van der Waals surface area contributed by atoms with Crippen molar-refractivity contribution in [2.24, 2.45) is 5.92 Å². The second-order valence-electron chi connectivity index (χ2n) is 6.80. The van der Waals surface area contributed by atoms with Gasteiger partial charge < -0.3 is 10.6 Å². The molecular formula is C21H19ClN4O2. The average molecular weight is 395 g/mol. The molecule has 1 heterocycles. The number of hydrogen-bond donors (Lipinski definition) is 2. The number of rotatable bonds is 5. The van der Waals surface area contributed by atoms with E-state index in [9.17, 15) is 9.59 Å². The molecule has 0 unspecified atom stereocenters. The zero-order valence-corrected chi connectivity index (χ0v) is 16.0. The monoisotopic (exact) mass is 394 g/mol. The number of amides is 2. The number of anilines is 2. The number of carbonyl (C=O) groups is 2. The van der Waals surface area contributed by atoms with Crippen molar-refractivity contribution in [1.82, 2.24) is 9.78 Å². The first-order chi connectivity index (χ1) is 13.5. The van der Waals surface area contributed by atoms with Crippen LogP contribution in [0.25, 0.3) is 5.69 Å². The summed E-state index contributed by atoms with van der Waals surface area (Å²) < 4.78 is 1.54. The summed E-state index contributed by atoms with van der Waals surface area (Å²) >= 11 is 6.45. The molecule has 2 N–H and O–H groups in total. The number of carbonyl (C=O) groups excluding carboxylic acids is 2. The molecule has 2 aromatic carbocycles. The summed E-state index contributed by atoms with van der Waals surface area (Å²) in [6, 6.07) is 16.4. The second-order valence-corrected chi connectivity index (χ2v) is 7.16. The lowest BCUT2D eigenvalue weighted by Gasteiger charge is -2.09. The predicted octanol–water partition coefficient (Wildman–Crippen LogP) is 4.43. The maximum Gasteiger partial charge on any atom is 0.260 e. The molecule has 6 nitrogen and oxygen atoms in total. The van der Waals surface area contributed by atoms with Crippen molar-refractivity contribution in [2.75, 3.05) is 10.6 Å². The van der Waals surface area contributed by atoms with Crippen molar-refractivity contribution in [3.63, 3.8) is 0 Å². The predicted molar refractivity (Wildman–Crippen MR) is 109 cm³/mol. The molecule has 0 radical (unpaired) electrons. The third-order valence-electron chi connectivity index (χ3n) is 4.57. The van der Waals surface area contributed by atoms with Gasteiger partial charge in [0.2, 0.25) is 5.91 Å². The highest BCUT2D eigenvalue weighted by Gasteiger charge is 2.29. The highest BCUT2D eigenvalue weighted by Crippen LogP contribution is 2.30. The minimum Gasteiger partial charge on any atom is -0.326 e. The number of benzene rings is 2. The van der Waals surface area contributed by atoms with Gasteiger partial charge in [-0.15, -0.1) is 0 Å². The van der Waals surface area contributed by atoms with Crippen molar-refractivity contribution in [1.29, 1.82) is 0 Å². The van der Waals surface area contributed by atoms with Crippen LogP contribution in [0.1, 0.15) is 28.9 Å². The standard InChI is InChI=1S/C21H19ClN4O2/c1-13-18(19(22)26(25-13)17-8-3-2-4-9-17)21(28)24-16-7-5-6-15(12-16)23-20(27)14-10-11-14/h2-9,12,14H,10-11H2,1H3,(H,23,27)(H,24,28). The summed E-state index contributed by atoms with van der Waals surface area (Å²) in [5, 5.41) is 10.4. The van der Waals surface area contributed by atoms with Crippen LogP contribution in [0.15, 0.2) is 54.6 Å². The van der Waals surface area contributed by atoms with E-state index < -0.39 is 0 Å². The van der Waals surface area contributed by atoms with Gasteiger partial charge in [0.1, 0.15) is 10.7 Å². The normalized spacial score (nSPS) is 13.2. The molecule has 28 heavy (non-hydrogen) atoms. The van der Waals surface area contributed by atoms with E-state index in [1.165, 1.54) is 4.68 Å². The molecule has 1 aliphatic rings. The van der Waals surface area contributed by atoms with E-state index in [-0.39, 0.29) is 22.9 Å². The van der Waals surface area contributed by atoms with Gasteiger partial charge in [0.15, 0.2) is 0 Å². The molecule has 1 aliphatic carbocycles. The van der Waals surface area contributed by atoms with Crippen LogP contribution in [-0.4, -0.2) is 21.6 Å². The Morgan fingerprint density at radius 2 is 1.71 bits per heavy atom. The van der Waals surface area contributed by atoms with Gasteiger partial charge in [-0.05, 0) is 50.1 Å². The van der Waals surface area contributed by atoms with E-state index in [2.05, 4.69) is 15.7 Å². The summed E-state index contributed by atoms with van der Waals surface area (Å²) in [6.45, 7) is 1.74. The number of aromatic nitrogens is 2. The van der Waals surface area contributed by atoms with E-state index in [1.54, 1.807) is 31.2 Å². The molecular weight excluding hydrogens is 376 g/mol. The molecule has 0 aliphatic heterocycles. The quantitative estimate of drug-likeness (QED) is 0.671. The van der Waals surface area contributed by atoms with Crippen LogP contribution < -0.4 is 10.6 Å². The maximum atomic E-state index is 12.8. The van der Waals surface area contributed by atoms with Crippen LogP contribution >= 0.6 is 11.6 Å². The minimum absolute atomic E-state index is 0.0199. The molecule has 7 heteroatoms. The molecule has 142 valence electrons. The van der Waals surface area contributed by atoms with Gasteiger partial charge in [-0.1, -0.05) is 35.9 Å². The zero-order valence-electron chi connectivity index (χ0n) is 15.3. The van der Waals surface area contributed by atoms with Crippen LogP contribution in [0.3, 0.4) is 0 Å². The second kappa shape index (κ2) is 7.48. The lowest BCUT2D eigenvalue weighted by molar-refractivity contribution is -0.117. The topological polar surface area (TPSA) is 76.0 Å². The first kappa shape index (κ1) is 18.3. The molecule has 0 saturated heterocycles. The summed E-state index contributed by atoms with van der Waals surface area (Å²) in [6.07, 6.45) is 1.87. The van der Waals surface area contributed by atoms with Crippen LogP contribution in [0, 0.1) is 12.8 Å². The van der Waals surface area contributed by atoms with Crippen LogP contribution in [0.5, 0.6) is 0 Å². The lowest BCUT2D eigenvalue weighted by atomic mass is 10.2. The number of aryl methyl sites for hydroxylation is 1. The van der Waals surface area contributed by atoms with Crippen molar-refractivity contribution >= 4 is 34.8 Å². The van der Waals surface area contributed by atoms with E-state index in [1.807, 2.05) is 30.3 Å². The van der Waals surface area contributed by atoms with Gasteiger partial charge in [-0.2, -0.15) is 5.10 Å². The van der Waals surface area contributed by atoms with Crippen molar-refractivity contribution in [3.8, 4) is 5.69 Å². The first-order valence-electron chi connectivity index (χ1n) is 9.06. The van der Waals surface area contributed by atoms with Crippen molar-refractivity contribution < 1.29 is 9.59 Å². The maximum absolute atomic E-state index is 12.8. The van der Waals surface area contributed by atoms with E-state index in [0.717, 1.165) is 18.5 Å². The fourth-order valence-corrected chi connectivity index (χ4v) is 3.31. The summed E-state index contributed by atoms with van der Waals surface area (Å²) in [5.41, 5.74) is 2.85. The molecule has 1 saturated carbocycles. The molecule has 0 spiro atoms. The first-order valence-corrected chi connectivity index (χ1v) is 9.43. The fraction of sp³-hybridized carbons (Fsp3) is 0.190. The number of nitrogens with zero attached hydrogens (tertiary/aromatic N) is 2. The van der Waals surface area contributed by atoms with Crippen molar-refractivity contribution in [2.45, 2.75) is 19.8 Å². The average Bonchev–Trinajstić information content (AvgIpc) is 3.48. The molecule has 2 amide bonds. The Morgan fingerprint density at radius 3 is 2.39 bits per heavy atom. The number of para-hydroxylation sites is 1. The zero-order chi connectivity index (χ0) is 19.7. The Hall–Kier alpha value is -3.12. The number of halogens is 1. The highest BCUT2D eigenvalue weighted by atomic mass is 35.5. The van der Waals surface area contributed by atoms with Gasteiger partial charge in [-0.3, -0.25) is 9.59 Å².